The SMILES string of the molecule is O=C(N[C@H]1CCS(=O)(=O)C1)c1cccnc1Nc1cccc(C(F)(F)F)c1. The summed E-state index contributed by atoms with van der Waals surface area (Å²) in [7, 11) is -3.15. The summed E-state index contributed by atoms with van der Waals surface area (Å²) in [5.74, 6) is -0.578. The Balaban J connectivity index is 1.79. The van der Waals surface area contributed by atoms with Crippen LogP contribution in [0, 0.1) is 0 Å². The van der Waals surface area contributed by atoms with Crippen molar-refractivity contribution in [2.75, 3.05) is 16.8 Å². The molecule has 6 nitrogen and oxygen atoms in total. The fourth-order valence-electron chi connectivity index (χ4n) is 2.77. The highest BCUT2D eigenvalue weighted by Crippen LogP contribution is 2.31. The average Bonchev–Trinajstić information content (AvgIpc) is 2.93. The van der Waals surface area contributed by atoms with Crippen molar-refractivity contribution in [3.05, 3.63) is 53.7 Å². The monoisotopic (exact) mass is 399 g/mol. The Hall–Kier alpha value is -2.62. The van der Waals surface area contributed by atoms with E-state index in [0.29, 0.717) is 6.42 Å². The molecule has 10 heteroatoms. The number of carbonyl (C=O) groups excluding carboxylic acids is 1. The number of pyridine rings is 1. The van der Waals surface area contributed by atoms with Crippen LogP contribution in [-0.2, 0) is 16.0 Å². The lowest BCUT2D eigenvalue weighted by atomic mass is 10.1. The van der Waals surface area contributed by atoms with Crippen LogP contribution >= 0.6 is 0 Å². The van der Waals surface area contributed by atoms with Crippen molar-refractivity contribution in [3.8, 4) is 0 Å². The van der Waals surface area contributed by atoms with Gasteiger partial charge in [0.25, 0.3) is 5.91 Å². The number of hydrogen-bond acceptors (Lipinski definition) is 5. The molecule has 0 bridgehead atoms. The number of nitrogens with zero attached hydrogens (tertiary/aromatic N) is 1. The van der Waals surface area contributed by atoms with E-state index in [4.69, 9.17) is 0 Å². The molecule has 1 saturated heterocycles. The minimum absolute atomic E-state index is 0.0142. The lowest BCUT2D eigenvalue weighted by molar-refractivity contribution is -0.137. The molecule has 2 heterocycles. The topological polar surface area (TPSA) is 88.2 Å². The first-order chi connectivity index (χ1) is 12.6. The van der Waals surface area contributed by atoms with E-state index >= 15 is 0 Å². The van der Waals surface area contributed by atoms with E-state index in [1.165, 1.54) is 30.5 Å². The van der Waals surface area contributed by atoms with E-state index in [1.54, 1.807) is 0 Å². The summed E-state index contributed by atoms with van der Waals surface area (Å²) in [6, 6.07) is 7.01. The summed E-state index contributed by atoms with van der Waals surface area (Å²) in [4.78, 5) is 16.5. The maximum absolute atomic E-state index is 12.8. The second kappa shape index (κ2) is 7.18. The van der Waals surface area contributed by atoms with E-state index in [0.717, 1.165) is 12.1 Å². The molecule has 1 aromatic heterocycles. The van der Waals surface area contributed by atoms with Gasteiger partial charge in [-0.15, -0.1) is 0 Å². The Bertz CT molecular complexity index is 961. The van der Waals surface area contributed by atoms with Crippen molar-refractivity contribution in [2.45, 2.75) is 18.6 Å². The van der Waals surface area contributed by atoms with Gasteiger partial charge in [0.1, 0.15) is 5.82 Å². The van der Waals surface area contributed by atoms with Gasteiger partial charge in [-0.05, 0) is 36.8 Å². The summed E-state index contributed by atoms with van der Waals surface area (Å²) in [6.07, 6.45) is -2.77. The minimum Gasteiger partial charge on any atom is -0.348 e. The van der Waals surface area contributed by atoms with Gasteiger partial charge < -0.3 is 10.6 Å². The van der Waals surface area contributed by atoms with E-state index in [1.807, 2.05) is 0 Å². The van der Waals surface area contributed by atoms with Crippen molar-refractivity contribution < 1.29 is 26.4 Å². The van der Waals surface area contributed by atoms with Crippen LogP contribution in [0.3, 0.4) is 0 Å². The second-order valence-corrected chi connectivity index (χ2v) is 8.41. The molecule has 2 N–H and O–H groups in total. The Kier molecular flexibility index (Phi) is 5.09. The molecule has 0 aliphatic carbocycles. The number of sulfone groups is 1. The summed E-state index contributed by atoms with van der Waals surface area (Å²) in [6.45, 7) is 0. The van der Waals surface area contributed by atoms with Gasteiger partial charge in [-0.25, -0.2) is 13.4 Å². The summed E-state index contributed by atoms with van der Waals surface area (Å²) < 4.78 is 61.6. The van der Waals surface area contributed by atoms with Crippen LogP contribution in [0.2, 0.25) is 0 Å². The molecule has 0 saturated carbocycles. The molecule has 1 atom stereocenters. The van der Waals surface area contributed by atoms with Gasteiger partial charge in [-0.1, -0.05) is 6.07 Å². The number of rotatable bonds is 4. The van der Waals surface area contributed by atoms with Crippen LogP contribution in [0.15, 0.2) is 42.6 Å². The molecular formula is C17H16F3N3O3S. The zero-order valence-corrected chi connectivity index (χ0v) is 14.8. The fourth-order valence-corrected chi connectivity index (χ4v) is 4.44. The van der Waals surface area contributed by atoms with Gasteiger partial charge in [-0.3, -0.25) is 4.79 Å². The van der Waals surface area contributed by atoms with Gasteiger partial charge in [0.15, 0.2) is 9.84 Å². The highest BCUT2D eigenvalue weighted by Gasteiger charge is 2.31. The minimum atomic E-state index is -4.49. The quantitative estimate of drug-likeness (QED) is 0.826. The van der Waals surface area contributed by atoms with Crippen LogP contribution < -0.4 is 10.6 Å². The molecule has 1 aromatic carbocycles. The van der Waals surface area contributed by atoms with Crippen LogP contribution in [0.5, 0.6) is 0 Å². The van der Waals surface area contributed by atoms with Gasteiger partial charge in [-0.2, -0.15) is 13.2 Å². The fraction of sp³-hybridized carbons (Fsp3) is 0.294. The number of amides is 1. The number of halogens is 3. The largest absolute Gasteiger partial charge is 0.416 e. The first-order valence-electron chi connectivity index (χ1n) is 8.05. The number of alkyl halides is 3. The molecule has 1 amide bonds. The number of hydrogen-bond donors (Lipinski definition) is 2. The normalized spacial score (nSPS) is 18.9. The maximum atomic E-state index is 12.8. The van der Waals surface area contributed by atoms with Crippen molar-refractivity contribution in [3.63, 3.8) is 0 Å². The molecule has 0 radical (unpaired) electrons. The molecular weight excluding hydrogens is 383 g/mol. The Morgan fingerprint density at radius 1 is 1.19 bits per heavy atom. The van der Waals surface area contributed by atoms with E-state index in [2.05, 4.69) is 15.6 Å². The number of aromatic nitrogens is 1. The molecule has 1 aliphatic heterocycles. The summed E-state index contributed by atoms with van der Waals surface area (Å²) in [5, 5.41) is 5.35. The van der Waals surface area contributed by atoms with Gasteiger partial charge in [0.05, 0.1) is 22.6 Å². The Morgan fingerprint density at radius 3 is 2.63 bits per heavy atom. The van der Waals surface area contributed by atoms with E-state index < -0.39 is 33.5 Å². The first-order valence-corrected chi connectivity index (χ1v) is 9.87. The predicted octanol–water partition coefficient (Wildman–Crippen LogP) is 2.76. The van der Waals surface area contributed by atoms with Crippen molar-refractivity contribution in [2.24, 2.45) is 0 Å². The summed E-state index contributed by atoms with van der Waals surface area (Å²) >= 11 is 0. The number of benzene rings is 1. The molecule has 2 aromatic rings. The lowest BCUT2D eigenvalue weighted by Gasteiger charge is -2.15. The molecule has 1 aliphatic rings. The molecule has 144 valence electrons. The molecule has 0 unspecified atom stereocenters. The maximum Gasteiger partial charge on any atom is 0.416 e. The number of carbonyl (C=O) groups is 1. The zero-order chi connectivity index (χ0) is 19.7. The average molecular weight is 399 g/mol. The lowest BCUT2D eigenvalue weighted by Crippen LogP contribution is -2.36. The smallest absolute Gasteiger partial charge is 0.348 e. The molecule has 3 rings (SSSR count). The predicted molar refractivity (Wildman–Crippen MR) is 93.5 cm³/mol. The highest BCUT2D eigenvalue weighted by atomic mass is 32.2. The van der Waals surface area contributed by atoms with E-state index in [9.17, 15) is 26.4 Å². The van der Waals surface area contributed by atoms with Crippen LogP contribution in [0.25, 0.3) is 0 Å². The first kappa shape index (κ1) is 19.2. The van der Waals surface area contributed by atoms with Crippen LogP contribution in [0.1, 0.15) is 22.3 Å². The van der Waals surface area contributed by atoms with Crippen molar-refractivity contribution in [1.29, 1.82) is 0 Å². The highest BCUT2D eigenvalue weighted by molar-refractivity contribution is 7.91. The molecule has 0 spiro atoms. The van der Waals surface area contributed by atoms with Gasteiger partial charge in [0, 0.05) is 17.9 Å². The third-order valence-electron chi connectivity index (χ3n) is 4.07. The van der Waals surface area contributed by atoms with Crippen molar-refractivity contribution in [1.82, 2.24) is 10.3 Å². The standard InChI is InChI=1S/C17H16F3N3O3S/c18-17(19,20)11-3-1-4-12(9-11)22-15-14(5-2-7-21-15)16(24)23-13-6-8-27(25,26)10-13/h1-5,7,9,13H,6,8,10H2,(H,21,22)(H,23,24)/t13-/m0/s1. The number of nitrogens with one attached hydrogen (secondary N) is 2. The Labute approximate surface area is 153 Å². The Morgan fingerprint density at radius 2 is 1.96 bits per heavy atom. The number of anilines is 2. The second-order valence-electron chi connectivity index (χ2n) is 6.18. The van der Waals surface area contributed by atoms with Crippen molar-refractivity contribution >= 4 is 27.2 Å². The zero-order valence-electron chi connectivity index (χ0n) is 14.0. The third-order valence-corrected chi connectivity index (χ3v) is 5.84. The van der Waals surface area contributed by atoms with Crippen LogP contribution in [-0.4, -0.2) is 36.9 Å². The van der Waals surface area contributed by atoms with Gasteiger partial charge >= 0.3 is 6.18 Å². The summed E-state index contributed by atoms with van der Waals surface area (Å²) in [5.41, 5.74) is -0.592. The third kappa shape index (κ3) is 4.76. The molecule has 1 fully saturated rings. The molecule has 27 heavy (non-hydrogen) atoms. The van der Waals surface area contributed by atoms with E-state index in [-0.39, 0.29) is 28.6 Å². The van der Waals surface area contributed by atoms with Gasteiger partial charge in [0.2, 0.25) is 0 Å². The van der Waals surface area contributed by atoms with Crippen LogP contribution in [0.4, 0.5) is 24.7 Å².